The molecular weight excluding hydrogens is 360 g/mol. The minimum atomic E-state index is -2.94. The normalized spacial score (nSPS) is 22.2. The molecule has 0 saturated carbocycles. The minimum Gasteiger partial charge on any atom is -0.481 e. The average molecular weight is 389 g/mol. The first-order valence-corrected chi connectivity index (χ1v) is 9.80. The Morgan fingerprint density at radius 2 is 1.79 bits per heavy atom. The summed E-state index contributed by atoms with van der Waals surface area (Å²) in [6.07, 6.45) is 4.50. The second-order valence-corrected chi connectivity index (χ2v) is 6.80. The number of carbonyl (C=O) groups excluding carboxylic acids is 1. The zero-order valence-electron chi connectivity index (χ0n) is 16.9. The van der Waals surface area contributed by atoms with Gasteiger partial charge in [-0.1, -0.05) is 50.8 Å². The molecule has 2 aliphatic heterocycles. The summed E-state index contributed by atoms with van der Waals surface area (Å²) >= 11 is 0. The second-order valence-electron chi connectivity index (χ2n) is 6.80. The van der Waals surface area contributed by atoms with E-state index in [0.717, 1.165) is 17.4 Å². The van der Waals surface area contributed by atoms with E-state index in [1.807, 2.05) is 26.8 Å². The highest BCUT2D eigenvalue weighted by Crippen LogP contribution is 2.50. The average Bonchev–Trinajstić information content (AvgIpc) is 2.72. The Morgan fingerprint density at radius 3 is 2.32 bits per heavy atom. The largest absolute Gasteiger partial charge is 0.481 e. The number of carbonyl (C=O) groups is 1. The number of halogens is 2. The van der Waals surface area contributed by atoms with Crippen molar-refractivity contribution >= 4 is 11.9 Å². The highest BCUT2D eigenvalue weighted by atomic mass is 19.3. The van der Waals surface area contributed by atoms with Crippen molar-refractivity contribution in [3.63, 3.8) is 0 Å². The maximum absolute atomic E-state index is 14.9. The van der Waals surface area contributed by atoms with Gasteiger partial charge >= 0.3 is 0 Å². The van der Waals surface area contributed by atoms with Crippen molar-refractivity contribution in [2.75, 3.05) is 13.1 Å². The summed E-state index contributed by atoms with van der Waals surface area (Å²) in [6, 6.07) is 7.01. The van der Waals surface area contributed by atoms with E-state index >= 15 is 0 Å². The van der Waals surface area contributed by atoms with Crippen LogP contribution in [0, 0.1) is 0 Å². The lowest BCUT2D eigenvalue weighted by molar-refractivity contribution is -0.214. The van der Waals surface area contributed by atoms with Crippen LogP contribution in [0.5, 0.6) is 0 Å². The second kappa shape index (κ2) is 9.28. The van der Waals surface area contributed by atoms with Gasteiger partial charge in [-0.15, -0.1) is 0 Å². The highest BCUT2D eigenvalue weighted by molar-refractivity contribution is 5.79. The number of ether oxygens (including phenoxy) is 1. The summed E-state index contributed by atoms with van der Waals surface area (Å²) in [5.74, 6) is -2.62. The van der Waals surface area contributed by atoms with Crippen molar-refractivity contribution < 1.29 is 18.3 Å². The fourth-order valence-corrected chi connectivity index (χ4v) is 3.58. The van der Waals surface area contributed by atoms with Gasteiger partial charge in [-0.2, -0.15) is 0 Å². The molecule has 2 saturated heterocycles. The lowest BCUT2D eigenvalue weighted by Gasteiger charge is -2.47. The summed E-state index contributed by atoms with van der Waals surface area (Å²) in [5, 5.41) is 3.10. The van der Waals surface area contributed by atoms with Crippen molar-refractivity contribution in [3.8, 4) is 0 Å². The zero-order chi connectivity index (χ0) is 20.8. The minimum absolute atomic E-state index is 0.274. The van der Waals surface area contributed by atoms with E-state index in [9.17, 15) is 13.6 Å². The van der Waals surface area contributed by atoms with Crippen LogP contribution in [0.4, 0.5) is 8.78 Å². The van der Waals surface area contributed by atoms with Crippen LogP contribution in [-0.4, -0.2) is 30.9 Å². The van der Waals surface area contributed by atoms with E-state index in [1.54, 1.807) is 30.3 Å². The van der Waals surface area contributed by atoms with E-state index in [1.165, 1.54) is 0 Å². The predicted molar refractivity (Wildman–Crippen MR) is 110 cm³/mol. The maximum atomic E-state index is 14.9. The predicted octanol–water partition coefficient (Wildman–Crippen LogP) is 5.55. The summed E-state index contributed by atoms with van der Waals surface area (Å²) in [4.78, 5) is 10.8. The first kappa shape index (κ1) is 22.0. The van der Waals surface area contributed by atoms with Crippen LogP contribution in [0.25, 0.3) is 5.57 Å². The van der Waals surface area contributed by atoms with Gasteiger partial charge in [0.15, 0.2) is 5.60 Å². The van der Waals surface area contributed by atoms with Gasteiger partial charge in [-0.05, 0) is 37.2 Å². The highest BCUT2D eigenvalue weighted by Gasteiger charge is 2.59. The number of piperidine rings is 1. The smallest absolute Gasteiger partial charge is 0.291 e. The molecule has 5 heteroatoms. The van der Waals surface area contributed by atoms with Gasteiger partial charge in [0.05, 0.1) is 0 Å². The Bertz CT molecular complexity index is 757. The van der Waals surface area contributed by atoms with Gasteiger partial charge in [0.2, 0.25) is 0 Å². The quantitative estimate of drug-likeness (QED) is 0.689. The molecule has 1 aromatic carbocycles. The summed E-state index contributed by atoms with van der Waals surface area (Å²) < 4.78 is 35.6. The molecule has 3 nitrogen and oxygen atoms in total. The van der Waals surface area contributed by atoms with Crippen LogP contribution in [0.2, 0.25) is 0 Å². The van der Waals surface area contributed by atoms with Gasteiger partial charge < -0.3 is 10.1 Å². The van der Waals surface area contributed by atoms with Crippen LogP contribution in [-0.2, 0) is 4.74 Å². The van der Waals surface area contributed by atoms with Gasteiger partial charge in [0.25, 0.3) is 5.92 Å². The Morgan fingerprint density at radius 1 is 1.18 bits per heavy atom. The Kier molecular flexibility index (Phi) is 7.30. The fourth-order valence-electron chi connectivity index (χ4n) is 3.58. The third-order valence-electron chi connectivity index (χ3n) is 5.19. The molecule has 0 aromatic heterocycles. The number of rotatable bonds is 3. The van der Waals surface area contributed by atoms with Gasteiger partial charge in [-0.3, -0.25) is 4.79 Å². The van der Waals surface area contributed by atoms with Gasteiger partial charge in [0, 0.05) is 30.4 Å². The van der Waals surface area contributed by atoms with Crippen LogP contribution in [0.3, 0.4) is 0 Å². The molecule has 0 amide bonds. The van der Waals surface area contributed by atoms with Crippen molar-refractivity contribution in [3.05, 3.63) is 65.5 Å². The first-order chi connectivity index (χ1) is 13.4. The first-order valence-electron chi connectivity index (χ1n) is 9.80. The zero-order valence-corrected chi connectivity index (χ0v) is 16.9. The number of nitrogens with one attached hydrogen (secondary N) is 1. The maximum Gasteiger partial charge on any atom is 0.291 e. The standard InChI is InChI=1S/C21H23F2NO2.C2H6/c1-3-17(18-6-4-16(14-25)5-7-18)12-19-13-21(22,23)20(26-15(19)2)8-10-24-11-9-20;1-2/h3-7,12,14,24H,2,8-11,13H2,1H3;1-2H3/b17-3+,19-12-;. The third kappa shape index (κ3) is 4.41. The van der Waals surface area contributed by atoms with E-state index in [4.69, 9.17) is 4.74 Å². The van der Waals surface area contributed by atoms with Crippen LogP contribution >= 0.6 is 0 Å². The van der Waals surface area contributed by atoms with Gasteiger partial charge in [-0.25, -0.2) is 8.78 Å². The molecule has 0 radical (unpaired) electrons. The van der Waals surface area contributed by atoms with E-state index in [2.05, 4.69) is 11.9 Å². The summed E-state index contributed by atoms with van der Waals surface area (Å²) in [7, 11) is 0. The summed E-state index contributed by atoms with van der Waals surface area (Å²) in [5.41, 5.74) is 1.17. The molecule has 0 atom stereocenters. The number of hydrogen-bond acceptors (Lipinski definition) is 3. The molecule has 1 aromatic rings. The summed E-state index contributed by atoms with van der Waals surface area (Å²) in [6.45, 7) is 10.8. The van der Waals surface area contributed by atoms with E-state index < -0.39 is 11.5 Å². The van der Waals surface area contributed by atoms with E-state index in [0.29, 0.717) is 30.0 Å². The molecule has 2 aliphatic rings. The lowest BCUT2D eigenvalue weighted by Crippen LogP contribution is -2.58. The SMILES string of the molecule is C=C1OC2(CCNCC2)C(F)(F)C/C1=C/C(=C\C)c1ccc(C=O)cc1.CC. The molecule has 152 valence electrons. The molecule has 0 unspecified atom stereocenters. The number of alkyl halides is 2. The van der Waals surface area contributed by atoms with Crippen molar-refractivity contribution in [2.45, 2.75) is 51.6 Å². The Labute approximate surface area is 166 Å². The number of aldehydes is 1. The monoisotopic (exact) mass is 389 g/mol. The number of benzene rings is 1. The molecule has 1 spiro atoms. The lowest BCUT2D eigenvalue weighted by atomic mass is 9.79. The number of allylic oxidation sites excluding steroid dienone is 4. The number of hydrogen-bond donors (Lipinski definition) is 1. The van der Waals surface area contributed by atoms with Crippen LogP contribution < -0.4 is 5.32 Å². The molecule has 3 rings (SSSR count). The molecule has 0 aliphatic carbocycles. The van der Waals surface area contributed by atoms with Crippen molar-refractivity contribution in [2.24, 2.45) is 0 Å². The molecular formula is C23H29F2NO2. The Hall–Kier alpha value is -2.27. The molecule has 1 N–H and O–H groups in total. The van der Waals surface area contributed by atoms with Crippen LogP contribution in [0.15, 0.2) is 54.3 Å². The van der Waals surface area contributed by atoms with Crippen molar-refractivity contribution in [1.29, 1.82) is 0 Å². The fraction of sp³-hybridized carbons (Fsp3) is 0.435. The third-order valence-corrected chi connectivity index (χ3v) is 5.19. The van der Waals surface area contributed by atoms with Gasteiger partial charge in [0.1, 0.15) is 12.0 Å². The van der Waals surface area contributed by atoms with Crippen molar-refractivity contribution in [1.82, 2.24) is 5.32 Å². The van der Waals surface area contributed by atoms with E-state index in [-0.39, 0.29) is 19.3 Å². The topological polar surface area (TPSA) is 38.3 Å². The van der Waals surface area contributed by atoms with Crippen LogP contribution in [0.1, 0.15) is 56.0 Å². The Balaban J connectivity index is 0.00000136. The molecule has 2 fully saturated rings. The molecule has 28 heavy (non-hydrogen) atoms. The molecule has 0 bridgehead atoms. The molecule has 2 heterocycles.